The first kappa shape index (κ1) is 16.3. The van der Waals surface area contributed by atoms with E-state index in [0.717, 1.165) is 5.56 Å². The fraction of sp³-hybridized carbons (Fsp3) is 0.500. The molecule has 0 aliphatic carbocycles. The average Bonchev–Trinajstić information content (AvgIpc) is 2.53. The van der Waals surface area contributed by atoms with E-state index in [0.29, 0.717) is 6.42 Å². The van der Waals surface area contributed by atoms with E-state index in [9.17, 15) is 14.7 Å². The van der Waals surface area contributed by atoms with Crippen molar-refractivity contribution in [2.45, 2.75) is 26.1 Å². The van der Waals surface area contributed by atoms with Gasteiger partial charge in [-0.25, -0.2) is 4.79 Å². The second kappa shape index (κ2) is 7.79. The van der Waals surface area contributed by atoms with Gasteiger partial charge in [-0.05, 0) is 18.9 Å². The first-order valence-corrected chi connectivity index (χ1v) is 7.40. The molecule has 120 valence electrons. The summed E-state index contributed by atoms with van der Waals surface area (Å²) in [6.45, 7) is 2.55. The summed E-state index contributed by atoms with van der Waals surface area (Å²) >= 11 is 0. The molecule has 0 unspecified atom stereocenters. The van der Waals surface area contributed by atoms with Crippen LogP contribution in [0.1, 0.15) is 18.9 Å². The molecule has 1 heterocycles. The number of esters is 1. The lowest BCUT2D eigenvalue weighted by molar-refractivity contribution is -0.151. The number of carbonyl (C=O) groups excluding carboxylic acids is 2. The van der Waals surface area contributed by atoms with Crippen LogP contribution in [0.5, 0.6) is 0 Å². The lowest BCUT2D eigenvalue weighted by Gasteiger charge is -2.33. The van der Waals surface area contributed by atoms with Gasteiger partial charge in [0.25, 0.3) is 0 Å². The Balaban J connectivity index is 1.89. The molecular weight excluding hydrogens is 286 g/mol. The molecule has 0 bridgehead atoms. The molecule has 0 spiro atoms. The summed E-state index contributed by atoms with van der Waals surface area (Å²) in [5, 5.41) is 9.84. The Hall–Kier alpha value is -2.08. The zero-order valence-corrected chi connectivity index (χ0v) is 12.6. The summed E-state index contributed by atoms with van der Waals surface area (Å²) < 4.78 is 10.2. The molecule has 0 saturated carbocycles. The van der Waals surface area contributed by atoms with Crippen LogP contribution in [0.25, 0.3) is 0 Å². The van der Waals surface area contributed by atoms with E-state index in [1.807, 2.05) is 30.3 Å². The number of aliphatic hydroxyl groups is 1. The maximum Gasteiger partial charge on any atom is 0.410 e. The van der Waals surface area contributed by atoms with E-state index in [4.69, 9.17) is 9.47 Å². The van der Waals surface area contributed by atoms with Crippen LogP contribution >= 0.6 is 0 Å². The highest BCUT2D eigenvalue weighted by molar-refractivity contribution is 5.75. The van der Waals surface area contributed by atoms with Crippen molar-refractivity contribution in [3.8, 4) is 0 Å². The topological polar surface area (TPSA) is 76.1 Å². The summed E-state index contributed by atoms with van der Waals surface area (Å²) in [5.74, 6) is -0.893. The molecule has 1 aromatic carbocycles. The van der Waals surface area contributed by atoms with Gasteiger partial charge in [0, 0.05) is 13.1 Å². The Kier molecular flexibility index (Phi) is 5.77. The molecule has 0 radical (unpaired) electrons. The highest BCUT2D eigenvalue weighted by Crippen LogP contribution is 2.19. The van der Waals surface area contributed by atoms with Gasteiger partial charge in [0.05, 0.1) is 18.6 Å². The third-order valence-corrected chi connectivity index (χ3v) is 3.51. The number of amides is 1. The lowest BCUT2D eigenvalue weighted by atomic mass is 9.96. The van der Waals surface area contributed by atoms with Crippen molar-refractivity contribution >= 4 is 12.1 Å². The number of aliphatic hydroxyl groups excluding tert-OH is 1. The Morgan fingerprint density at radius 3 is 2.64 bits per heavy atom. The van der Waals surface area contributed by atoms with Crippen LogP contribution in [0.4, 0.5) is 4.79 Å². The highest BCUT2D eigenvalue weighted by atomic mass is 16.6. The van der Waals surface area contributed by atoms with E-state index in [1.54, 1.807) is 6.92 Å². The van der Waals surface area contributed by atoms with Crippen LogP contribution in [0, 0.1) is 5.92 Å². The number of hydrogen-bond donors (Lipinski definition) is 1. The Morgan fingerprint density at radius 2 is 1.95 bits per heavy atom. The predicted molar refractivity (Wildman–Crippen MR) is 78.9 cm³/mol. The van der Waals surface area contributed by atoms with Crippen LogP contribution in [0.15, 0.2) is 30.3 Å². The van der Waals surface area contributed by atoms with Gasteiger partial charge < -0.3 is 19.5 Å². The fourth-order valence-electron chi connectivity index (χ4n) is 2.46. The van der Waals surface area contributed by atoms with Crippen molar-refractivity contribution in [2.24, 2.45) is 5.92 Å². The molecule has 1 amide bonds. The Labute approximate surface area is 129 Å². The van der Waals surface area contributed by atoms with Gasteiger partial charge >= 0.3 is 12.1 Å². The van der Waals surface area contributed by atoms with Gasteiger partial charge in [-0.15, -0.1) is 0 Å². The number of rotatable bonds is 4. The quantitative estimate of drug-likeness (QED) is 0.855. The van der Waals surface area contributed by atoms with E-state index in [-0.39, 0.29) is 32.3 Å². The maximum absolute atomic E-state index is 12.1. The van der Waals surface area contributed by atoms with Gasteiger partial charge in [0.15, 0.2) is 0 Å². The normalized spacial score (nSPS) is 21.3. The van der Waals surface area contributed by atoms with Crippen LogP contribution in [-0.4, -0.2) is 47.9 Å². The Bertz CT molecular complexity index is 505. The third kappa shape index (κ3) is 4.46. The molecule has 2 atom stereocenters. The van der Waals surface area contributed by atoms with E-state index >= 15 is 0 Å². The summed E-state index contributed by atoms with van der Waals surface area (Å²) in [6.07, 6.45) is -0.967. The van der Waals surface area contributed by atoms with E-state index in [2.05, 4.69) is 0 Å². The lowest BCUT2D eigenvalue weighted by Crippen LogP contribution is -2.48. The molecule has 6 nitrogen and oxygen atoms in total. The number of β-amino-alcohol motifs (C(OH)–C–C–N with tert-alkyl or cyclic N) is 1. The predicted octanol–water partition coefficient (Wildman–Crippen LogP) is 1.57. The van der Waals surface area contributed by atoms with Crippen molar-refractivity contribution in [2.75, 3.05) is 19.7 Å². The van der Waals surface area contributed by atoms with Crippen LogP contribution in [0.2, 0.25) is 0 Å². The van der Waals surface area contributed by atoms with Gasteiger partial charge in [-0.3, -0.25) is 4.79 Å². The summed E-state index contributed by atoms with van der Waals surface area (Å²) in [4.78, 5) is 25.2. The third-order valence-electron chi connectivity index (χ3n) is 3.51. The van der Waals surface area contributed by atoms with Crippen molar-refractivity contribution in [3.05, 3.63) is 35.9 Å². The number of benzene rings is 1. The zero-order chi connectivity index (χ0) is 15.9. The van der Waals surface area contributed by atoms with Crippen molar-refractivity contribution < 1.29 is 24.2 Å². The first-order chi connectivity index (χ1) is 10.6. The molecular formula is C16H21NO5. The van der Waals surface area contributed by atoms with Crippen molar-refractivity contribution in [1.82, 2.24) is 4.90 Å². The van der Waals surface area contributed by atoms with Crippen molar-refractivity contribution in [3.63, 3.8) is 0 Å². The monoisotopic (exact) mass is 307 g/mol. The molecule has 6 heteroatoms. The summed E-state index contributed by atoms with van der Waals surface area (Å²) in [6, 6.07) is 9.34. The van der Waals surface area contributed by atoms with Gasteiger partial charge in [0.2, 0.25) is 0 Å². The Morgan fingerprint density at radius 1 is 1.23 bits per heavy atom. The SMILES string of the molecule is CCOC(=O)[C@@H]1C[C@@H](O)CN(C(=O)OCc2ccccc2)C1. The summed E-state index contributed by atoms with van der Waals surface area (Å²) in [7, 11) is 0. The second-order valence-corrected chi connectivity index (χ2v) is 5.28. The van der Waals surface area contributed by atoms with E-state index in [1.165, 1.54) is 4.90 Å². The average molecular weight is 307 g/mol. The smallest absolute Gasteiger partial charge is 0.410 e. The zero-order valence-electron chi connectivity index (χ0n) is 12.6. The number of hydrogen-bond acceptors (Lipinski definition) is 5. The number of likely N-dealkylation sites (tertiary alicyclic amines) is 1. The molecule has 1 saturated heterocycles. The van der Waals surface area contributed by atoms with Gasteiger partial charge in [-0.1, -0.05) is 30.3 Å². The number of piperidine rings is 1. The largest absolute Gasteiger partial charge is 0.466 e. The molecule has 0 aromatic heterocycles. The second-order valence-electron chi connectivity index (χ2n) is 5.28. The molecule has 1 aromatic rings. The number of ether oxygens (including phenoxy) is 2. The van der Waals surface area contributed by atoms with Crippen LogP contribution < -0.4 is 0 Å². The van der Waals surface area contributed by atoms with Crippen LogP contribution in [0.3, 0.4) is 0 Å². The molecule has 1 fully saturated rings. The first-order valence-electron chi connectivity index (χ1n) is 7.40. The molecule has 1 aliphatic rings. The maximum atomic E-state index is 12.1. The minimum Gasteiger partial charge on any atom is -0.466 e. The van der Waals surface area contributed by atoms with E-state index < -0.39 is 18.1 Å². The van der Waals surface area contributed by atoms with Gasteiger partial charge in [0.1, 0.15) is 6.61 Å². The molecule has 1 aliphatic heterocycles. The van der Waals surface area contributed by atoms with Crippen molar-refractivity contribution in [1.29, 1.82) is 0 Å². The number of nitrogens with zero attached hydrogens (tertiary/aromatic N) is 1. The number of carbonyl (C=O) groups is 2. The molecule has 1 N–H and O–H groups in total. The fourth-order valence-corrected chi connectivity index (χ4v) is 2.46. The van der Waals surface area contributed by atoms with Gasteiger partial charge in [-0.2, -0.15) is 0 Å². The standard InChI is InChI=1S/C16H21NO5/c1-2-21-15(19)13-8-14(18)10-17(9-13)16(20)22-11-12-6-4-3-5-7-12/h3-7,13-14,18H,2,8-11H2,1H3/t13-,14-/m1/s1. The minimum atomic E-state index is -0.743. The molecule has 22 heavy (non-hydrogen) atoms. The summed E-state index contributed by atoms with van der Waals surface area (Å²) in [5.41, 5.74) is 0.885. The highest BCUT2D eigenvalue weighted by Gasteiger charge is 2.34. The van der Waals surface area contributed by atoms with Crippen LogP contribution in [-0.2, 0) is 20.9 Å². The minimum absolute atomic E-state index is 0.163. The molecule has 2 rings (SSSR count).